The third-order valence-electron chi connectivity index (χ3n) is 10.3. The molecule has 0 aliphatic heterocycles. The number of allylic oxidation sites excluding steroid dienone is 4. The van der Waals surface area contributed by atoms with E-state index in [1.54, 1.807) is 0 Å². The van der Waals surface area contributed by atoms with Crippen LogP contribution in [0.5, 0.6) is 0 Å². The maximum absolute atomic E-state index is 4.82. The quantitative estimate of drug-likeness (QED) is 0.0909. The molecule has 6 heterocycles. The van der Waals surface area contributed by atoms with E-state index in [0.717, 1.165) is 17.5 Å². The van der Waals surface area contributed by atoms with E-state index in [0.29, 0.717) is 0 Å². The van der Waals surface area contributed by atoms with Gasteiger partial charge >= 0.3 is 0 Å². The molecule has 0 saturated heterocycles. The molecule has 0 spiro atoms. The number of aromatic nitrogens is 2. The Morgan fingerprint density at radius 3 is 1.91 bits per heavy atom. The van der Waals surface area contributed by atoms with Crippen molar-refractivity contribution in [3.8, 4) is 40.4 Å². The first kappa shape index (κ1) is 37.0. The maximum Gasteiger partial charge on any atom is 0.113 e. The van der Waals surface area contributed by atoms with Gasteiger partial charge in [0.1, 0.15) is 11.0 Å². The minimum atomic E-state index is 1.01. The Kier molecular flexibility index (Phi) is 11.7. The first-order chi connectivity index (χ1) is 26.0. The molecular formula is C45H46N2S6. The molecule has 1 aliphatic carbocycles. The molecule has 53 heavy (non-hydrogen) atoms. The minimum Gasteiger partial charge on any atom is -0.173 e. The Balaban J connectivity index is 1.07. The standard InChI is InChI=1S/C45H46N2S6/c1-5-7-9-11-13-32-18-21-37(49-32)31-17-16-30(25-31)35-26-41(48-29(35)4)42-27-36(45(52-42)34-20-15-28(3)43-44(34)47-53-46-43)38-23-24-40(51-38)39-22-19-33(50-39)14-12-10-8-6-2/h15-24,26-27H,5-14,25H2,1-4H3. The van der Waals surface area contributed by atoms with E-state index < -0.39 is 0 Å². The zero-order chi connectivity index (χ0) is 36.3. The van der Waals surface area contributed by atoms with Crippen LogP contribution in [0.2, 0.25) is 0 Å². The summed E-state index contributed by atoms with van der Waals surface area (Å²) in [6.07, 6.45) is 18.7. The molecule has 8 heteroatoms. The smallest absolute Gasteiger partial charge is 0.113 e. The second-order valence-electron chi connectivity index (χ2n) is 14.2. The molecule has 0 fully saturated rings. The molecule has 0 unspecified atom stereocenters. The van der Waals surface area contributed by atoms with E-state index in [9.17, 15) is 0 Å². The monoisotopic (exact) mass is 806 g/mol. The molecule has 272 valence electrons. The molecule has 1 aromatic carbocycles. The molecular weight excluding hydrogens is 761 g/mol. The highest BCUT2D eigenvalue weighted by Crippen LogP contribution is 2.51. The van der Waals surface area contributed by atoms with Crippen molar-refractivity contribution in [3.63, 3.8) is 0 Å². The van der Waals surface area contributed by atoms with Crippen LogP contribution in [0.3, 0.4) is 0 Å². The second kappa shape index (κ2) is 16.8. The van der Waals surface area contributed by atoms with Gasteiger partial charge in [0.05, 0.1) is 11.7 Å². The Labute approximate surface area is 339 Å². The number of hydrogen-bond donors (Lipinski definition) is 0. The highest BCUT2D eigenvalue weighted by atomic mass is 32.1. The average Bonchev–Trinajstić information content (AvgIpc) is 4.01. The molecule has 8 rings (SSSR count). The number of hydrogen-bond acceptors (Lipinski definition) is 8. The van der Waals surface area contributed by atoms with Gasteiger partial charge in [-0.15, -0.1) is 56.7 Å². The van der Waals surface area contributed by atoms with Crippen LogP contribution < -0.4 is 0 Å². The highest BCUT2D eigenvalue weighted by Gasteiger charge is 2.23. The van der Waals surface area contributed by atoms with Crippen LogP contribution >= 0.6 is 68.4 Å². The first-order valence-electron chi connectivity index (χ1n) is 19.1. The zero-order valence-electron chi connectivity index (χ0n) is 31.1. The normalized spacial score (nSPS) is 13.1. The predicted octanol–water partition coefficient (Wildman–Crippen LogP) is 16.4. The molecule has 0 N–H and O–H groups in total. The lowest BCUT2D eigenvalue weighted by Crippen LogP contribution is -1.83. The summed E-state index contributed by atoms with van der Waals surface area (Å²) in [6.45, 7) is 9.00. The van der Waals surface area contributed by atoms with Gasteiger partial charge in [-0.25, -0.2) is 0 Å². The Morgan fingerprint density at radius 1 is 0.509 bits per heavy atom. The third kappa shape index (κ3) is 8.05. The summed E-state index contributed by atoms with van der Waals surface area (Å²) in [5.74, 6) is 0. The molecule has 6 aromatic heterocycles. The van der Waals surface area contributed by atoms with Crippen LogP contribution in [-0.2, 0) is 12.8 Å². The van der Waals surface area contributed by atoms with Crippen LogP contribution in [0.15, 0.2) is 72.8 Å². The summed E-state index contributed by atoms with van der Waals surface area (Å²) in [7, 11) is 0. The summed E-state index contributed by atoms with van der Waals surface area (Å²) >= 11 is 11.0. The highest BCUT2D eigenvalue weighted by molar-refractivity contribution is 7.26. The zero-order valence-corrected chi connectivity index (χ0v) is 35.9. The molecule has 0 amide bonds. The van der Waals surface area contributed by atoms with Crippen molar-refractivity contribution in [2.75, 3.05) is 0 Å². The van der Waals surface area contributed by atoms with E-state index >= 15 is 0 Å². The van der Waals surface area contributed by atoms with Crippen LogP contribution in [0, 0.1) is 13.8 Å². The summed E-state index contributed by atoms with van der Waals surface area (Å²) in [4.78, 5) is 13.9. The van der Waals surface area contributed by atoms with E-state index in [1.165, 1.54) is 158 Å². The number of aryl methyl sites for hydroxylation is 4. The summed E-state index contributed by atoms with van der Waals surface area (Å²) in [6, 6.07) is 23.4. The SMILES string of the molecule is CCCCCCc1ccc(C2=CC=C(c3cc(-c4cc(-c5ccc(-c6ccc(CCCCCC)s6)s5)c(-c5ccc(C)c6nsnc56)s4)sc3C)C2)s1. The van der Waals surface area contributed by atoms with Gasteiger partial charge < -0.3 is 0 Å². The Morgan fingerprint density at radius 2 is 1.13 bits per heavy atom. The van der Waals surface area contributed by atoms with Crippen molar-refractivity contribution in [2.24, 2.45) is 0 Å². The first-order valence-corrected chi connectivity index (χ1v) is 24.0. The topological polar surface area (TPSA) is 25.8 Å². The number of rotatable bonds is 16. The Hall–Kier alpha value is -2.98. The summed E-state index contributed by atoms with van der Waals surface area (Å²) in [5.41, 5.74) is 10.00. The fourth-order valence-electron chi connectivity index (χ4n) is 7.27. The van der Waals surface area contributed by atoms with Gasteiger partial charge in [0.25, 0.3) is 0 Å². The average molecular weight is 807 g/mol. The van der Waals surface area contributed by atoms with Gasteiger partial charge in [0.2, 0.25) is 0 Å². The van der Waals surface area contributed by atoms with Gasteiger partial charge in [-0.05, 0) is 117 Å². The lowest BCUT2D eigenvalue weighted by Gasteiger charge is -2.04. The van der Waals surface area contributed by atoms with Gasteiger partial charge in [-0.2, -0.15) is 8.75 Å². The summed E-state index contributed by atoms with van der Waals surface area (Å²) < 4.78 is 9.51. The van der Waals surface area contributed by atoms with Gasteiger partial charge in [0.15, 0.2) is 0 Å². The number of thiophene rings is 5. The van der Waals surface area contributed by atoms with Crippen molar-refractivity contribution in [3.05, 3.63) is 103 Å². The van der Waals surface area contributed by atoms with Crippen molar-refractivity contribution >= 4 is 90.6 Å². The molecule has 1 aliphatic rings. The van der Waals surface area contributed by atoms with Crippen LogP contribution in [0.25, 0.3) is 62.6 Å². The summed E-state index contributed by atoms with van der Waals surface area (Å²) in [5, 5.41) is 0. The van der Waals surface area contributed by atoms with Crippen molar-refractivity contribution in [1.29, 1.82) is 0 Å². The number of nitrogens with zero attached hydrogens (tertiary/aromatic N) is 2. The second-order valence-corrected chi connectivity index (χ2v) is 20.5. The molecule has 0 bridgehead atoms. The molecule has 0 atom stereocenters. The van der Waals surface area contributed by atoms with Crippen molar-refractivity contribution < 1.29 is 0 Å². The van der Waals surface area contributed by atoms with Gasteiger partial charge in [-0.3, -0.25) is 0 Å². The van der Waals surface area contributed by atoms with Crippen LogP contribution in [0.4, 0.5) is 0 Å². The largest absolute Gasteiger partial charge is 0.173 e. The maximum atomic E-state index is 4.82. The van der Waals surface area contributed by atoms with E-state index in [-0.39, 0.29) is 0 Å². The van der Waals surface area contributed by atoms with Crippen molar-refractivity contribution in [2.45, 2.75) is 98.3 Å². The lowest BCUT2D eigenvalue weighted by atomic mass is 10.0. The van der Waals surface area contributed by atoms with Crippen LogP contribution in [-0.4, -0.2) is 8.75 Å². The fourth-order valence-corrected chi connectivity index (χ4v) is 13.5. The Bertz CT molecular complexity index is 2400. The molecule has 7 aromatic rings. The van der Waals surface area contributed by atoms with E-state index in [4.69, 9.17) is 4.37 Å². The van der Waals surface area contributed by atoms with E-state index in [2.05, 4.69) is 105 Å². The third-order valence-corrected chi connectivity index (χ3v) is 16.9. The number of benzene rings is 1. The lowest BCUT2D eigenvalue weighted by molar-refractivity contribution is 0.670. The number of unbranched alkanes of at least 4 members (excludes halogenated alkanes) is 6. The fraction of sp³-hybridized carbons (Fsp3) is 0.333. The predicted molar refractivity (Wildman–Crippen MR) is 241 cm³/mol. The van der Waals surface area contributed by atoms with E-state index in [1.807, 2.05) is 56.7 Å². The van der Waals surface area contributed by atoms with Crippen molar-refractivity contribution in [1.82, 2.24) is 8.75 Å². The molecule has 0 radical (unpaired) electrons. The number of fused-ring (bicyclic) bond motifs is 1. The minimum absolute atomic E-state index is 1.01. The van der Waals surface area contributed by atoms with Gasteiger partial charge in [0, 0.05) is 59.9 Å². The molecule has 2 nitrogen and oxygen atoms in total. The van der Waals surface area contributed by atoms with Gasteiger partial charge in [-0.1, -0.05) is 76.7 Å². The van der Waals surface area contributed by atoms with Crippen LogP contribution in [0.1, 0.15) is 102 Å². The molecule has 0 saturated carbocycles.